The lowest BCUT2D eigenvalue weighted by Crippen LogP contribution is -2.21. The summed E-state index contributed by atoms with van der Waals surface area (Å²) in [6.07, 6.45) is 7.44. The molecule has 0 aromatic carbocycles. The maximum absolute atomic E-state index is 4.90. The van der Waals surface area contributed by atoms with Crippen molar-refractivity contribution in [1.82, 2.24) is 19.3 Å². The van der Waals surface area contributed by atoms with Gasteiger partial charge in [-0.2, -0.15) is 0 Å². The molecule has 0 amide bonds. The predicted octanol–water partition coefficient (Wildman–Crippen LogP) is 4.43. The third kappa shape index (κ3) is 3.36. The molecule has 2 heterocycles. The molecule has 0 aliphatic heterocycles. The van der Waals surface area contributed by atoms with Crippen LogP contribution in [-0.2, 0) is 25.7 Å². The van der Waals surface area contributed by atoms with Gasteiger partial charge in [0.05, 0.1) is 22.8 Å². The molecule has 0 N–H and O–H groups in total. The predicted molar refractivity (Wildman–Crippen MR) is 96.1 cm³/mol. The molecule has 0 bridgehead atoms. The SMILES string of the molecule is CCCc1nc(C)c(CC)n1-n1c(CCC)nc(C)c1CCC. The molecule has 4 nitrogen and oxygen atoms in total. The third-order valence-corrected chi connectivity index (χ3v) is 4.40. The Hall–Kier alpha value is -1.58. The third-order valence-electron chi connectivity index (χ3n) is 4.40. The first-order valence-electron chi connectivity index (χ1n) is 9.23. The van der Waals surface area contributed by atoms with Gasteiger partial charge in [0.15, 0.2) is 0 Å². The maximum atomic E-state index is 4.90. The quantitative estimate of drug-likeness (QED) is 0.722. The van der Waals surface area contributed by atoms with Crippen molar-refractivity contribution < 1.29 is 0 Å². The molecule has 0 saturated heterocycles. The Bertz CT molecular complexity index is 649. The molecule has 23 heavy (non-hydrogen) atoms. The van der Waals surface area contributed by atoms with Crippen LogP contribution in [0.1, 0.15) is 81.4 Å². The normalized spacial score (nSPS) is 11.4. The molecule has 4 heteroatoms. The summed E-state index contributed by atoms with van der Waals surface area (Å²) in [5.74, 6) is 2.35. The lowest BCUT2D eigenvalue weighted by molar-refractivity contribution is 0.528. The monoisotopic (exact) mass is 316 g/mol. The molecule has 0 aliphatic carbocycles. The summed E-state index contributed by atoms with van der Waals surface area (Å²) in [5.41, 5.74) is 5.00. The summed E-state index contributed by atoms with van der Waals surface area (Å²) >= 11 is 0. The smallest absolute Gasteiger partial charge is 0.128 e. The lowest BCUT2D eigenvalue weighted by Gasteiger charge is -2.18. The summed E-state index contributed by atoms with van der Waals surface area (Å²) < 4.78 is 4.75. The van der Waals surface area contributed by atoms with E-state index in [9.17, 15) is 0 Å². The highest BCUT2D eigenvalue weighted by Crippen LogP contribution is 2.21. The van der Waals surface area contributed by atoms with Gasteiger partial charge in [0.1, 0.15) is 11.6 Å². The number of imidazole rings is 2. The molecule has 0 atom stereocenters. The van der Waals surface area contributed by atoms with Crippen molar-refractivity contribution in [3.63, 3.8) is 0 Å². The Balaban J connectivity index is 2.73. The van der Waals surface area contributed by atoms with E-state index in [2.05, 4.69) is 50.9 Å². The van der Waals surface area contributed by atoms with E-state index in [0.29, 0.717) is 0 Å². The number of nitrogens with zero attached hydrogens (tertiary/aromatic N) is 4. The van der Waals surface area contributed by atoms with Crippen LogP contribution in [0.25, 0.3) is 0 Å². The van der Waals surface area contributed by atoms with E-state index in [1.165, 1.54) is 28.7 Å². The zero-order chi connectivity index (χ0) is 17.0. The van der Waals surface area contributed by atoms with Gasteiger partial charge in [-0.25, -0.2) is 19.3 Å². The van der Waals surface area contributed by atoms with Crippen LogP contribution in [0.2, 0.25) is 0 Å². The van der Waals surface area contributed by atoms with Crippen LogP contribution < -0.4 is 0 Å². The average Bonchev–Trinajstić information content (AvgIpc) is 2.97. The Morgan fingerprint density at radius 1 is 0.652 bits per heavy atom. The fourth-order valence-corrected chi connectivity index (χ4v) is 3.40. The van der Waals surface area contributed by atoms with E-state index < -0.39 is 0 Å². The van der Waals surface area contributed by atoms with Crippen molar-refractivity contribution in [2.45, 2.75) is 86.5 Å². The highest BCUT2D eigenvalue weighted by atomic mass is 15.5. The first kappa shape index (κ1) is 17.8. The first-order valence-corrected chi connectivity index (χ1v) is 9.23. The van der Waals surface area contributed by atoms with Crippen molar-refractivity contribution in [2.24, 2.45) is 0 Å². The fourth-order valence-electron chi connectivity index (χ4n) is 3.40. The molecule has 0 aliphatic rings. The number of aromatic nitrogens is 4. The van der Waals surface area contributed by atoms with Gasteiger partial charge in [0, 0.05) is 12.8 Å². The van der Waals surface area contributed by atoms with E-state index >= 15 is 0 Å². The number of aryl methyl sites for hydroxylation is 4. The van der Waals surface area contributed by atoms with Gasteiger partial charge in [-0.05, 0) is 39.5 Å². The minimum atomic E-state index is 0.997. The molecule has 0 saturated carbocycles. The van der Waals surface area contributed by atoms with E-state index in [4.69, 9.17) is 9.97 Å². The zero-order valence-electron chi connectivity index (χ0n) is 15.7. The largest absolute Gasteiger partial charge is 0.236 e. The highest BCUT2D eigenvalue weighted by Gasteiger charge is 2.21. The summed E-state index contributed by atoms with van der Waals surface area (Å²) in [4.78, 5) is 9.77. The van der Waals surface area contributed by atoms with Crippen molar-refractivity contribution >= 4 is 0 Å². The van der Waals surface area contributed by atoms with Crippen LogP contribution in [0.4, 0.5) is 0 Å². The van der Waals surface area contributed by atoms with Gasteiger partial charge in [0.25, 0.3) is 0 Å². The minimum absolute atomic E-state index is 0.997. The first-order chi connectivity index (χ1) is 11.1. The van der Waals surface area contributed by atoms with Crippen LogP contribution in [0.15, 0.2) is 0 Å². The highest BCUT2D eigenvalue weighted by molar-refractivity contribution is 5.23. The summed E-state index contributed by atoms with van der Waals surface area (Å²) in [6, 6.07) is 0. The van der Waals surface area contributed by atoms with E-state index in [1.54, 1.807) is 0 Å². The fraction of sp³-hybridized carbons (Fsp3) is 0.684. The summed E-state index contributed by atoms with van der Waals surface area (Å²) in [6.45, 7) is 13.2. The second kappa shape index (κ2) is 7.80. The van der Waals surface area contributed by atoms with Crippen LogP contribution in [0.5, 0.6) is 0 Å². The molecule has 2 aromatic heterocycles. The standard InChI is InChI=1S/C19H32N4/c1-7-11-17-15(6)21-19(13-9-3)23(17)22-16(10-4)14(5)20-18(22)12-8-2/h7-13H2,1-6H3. The Kier molecular flexibility index (Phi) is 6.03. The van der Waals surface area contributed by atoms with Crippen molar-refractivity contribution in [3.05, 3.63) is 34.4 Å². The topological polar surface area (TPSA) is 35.6 Å². The van der Waals surface area contributed by atoms with Gasteiger partial charge in [-0.1, -0.05) is 34.1 Å². The number of hydrogen-bond donors (Lipinski definition) is 0. The second-order valence-corrected chi connectivity index (χ2v) is 6.35. The molecule has 0 unspecified atom stereocenters. The summed E-state index contributed by atoms with van der Waals surface area (Å²) in [5, 5.41) is 0. The lowest BCUT2D eigenvalue weighted by atomic mass is 10.2. The molecule has 0 spiro atoms. The number of hydrogen-bond acceptors (Lipinski definition) is 2. The number of rotatable bonds is 8. The molecule has 0 fully saturated rings. The van der Waals surface area contributed by atoms with Gasteiger partial charge in [-0.3, -0.25) is 0 Å². The van der Waals surface area contributed by atoms with Crippen LogP contribution in [0, 0.1) is 13.8 Å². The second-order valence-electron chi connectivity index (χ2n) is 6.35. The van der Waals surface area contributed by atoms with Gasteiger partial charge >= 0.3 is 0 Å². The van der Waals surface area contributed by atoms with E-state index in [-0.39, 0.29) is 0 Å². The van der Waals surface area contributed by atoms with Crippen LogP contribution in [0.3, 0.4) is 0 Å². The summed E-state index contributed by atoms with van der Waals surface area (Å²) in [7, 11) is 0. The van der Waals surface area contributed by atoms with Crippen molar-refractivity contribution in [2.75, 3.05) is 0 Å². The van der Waals surface area contributed by atoms with Gasteiger partial charge in [-0.15, -0.1) is 0 Å². The molecular weight excluding hydrogens is 284 g/mol. The molecule has 128 valence electrons. The molecule has 2 aromatic rings. The van der Waals surface area contributed by atoms with Crippen molar-refractivity contribution in [1.29, 1.82) is 0 Å². The average molecular weight is 316 g/mol. The van der Waals surface area contributed by atoms with Crippen LogP contribution in [-0.4, -0.2) is 19.3 Å². The Morgan fingerprint density at radius 2 is 1.09 bits per heavy atom. The maximum Gasteiger partial charge on any atom is 0.128 e. The Labute approximate surface area is 140 Å². The van der Waals surface area contributed by atoms with Gasteiger partial charge in [0.2, 0.25) is 0 Å². The van der Waals surface area contributed by atoms with Gasteiger partial charge < -0.3 is 0 Å². The van der Waals surface area contributed by atoms with E-state index in [0.717, 1.165) is 50.6 Å². The van der Waals surface area contributed by atoms with Crippen molar-refractivity contribution in [3.8, 4) is 0 Å². The minimum Gasteiger partial charge on any atom is -0.236 e. The zero-order valence-corrected chi connectivity index (χ0v) is 15.7. The van der Waals surface area contributed by atoms with E-state index in [1.807, 2.05) is 0 Å². The van der Waals surface area contributed by atoms with Crippen LogP contribution >= 0.6 is 0 Å². The molecule has 2 rings (SSSR count). The molecule has 0 radical (unpaired) electrons. The molecular formula is C19H32N4. The Morgan fingerprint density at radius 3 is 1.52 bits per heavy atom.